The first kappa shape index (κ1) is 15.5. The van der Waals surface area contributed by atoms with E-state index < -0.39 is 0 Å². The predicted molar refractivity (Wildman–Crippen MR) is 89.3 cm³/mol. The monoisotopic (exact) mass is 300 g/mol. The van der Waals surface area contributed by atoms with Gasteiger partial charge in [-0.1, -0.05) is 38.1 Å². The molecular weight excluding hydrogens is 272 g/mol. The Hall–Kier alpha value is -1.35. The Balaban J connectivity index is 1.64. The molecule has 1 aromatic rings. The molecule has 0 heterocycles. The van der Waals surface area contributed by atoms with Crippen molar-refractivity contribution in [2.75, 3.05) is 7.05 Å². The van der Waals surface area contributed by atoms with Crippen molar-refractivity contribution in [1.82, 2.24) is 4.90 Å². The zero-order valence-electron chi connectivity index (χ0n) is 14.0. The Bertz CT molecular complexity index is 535. The molecule has 3 heteroatoms. The third-order valence-electron chi connectivity index (χ3n) is 5.71. The first-order chi connectivity index (χ1) is 10.5. The summed E-state index contributed by atoms with van der Waals surface area (Å²) in [4.78, 5) is 14.6. The number of carbonyl (C=O) groups excluding carboxylic acids is 1. The van der Waals surface area contributed by atoms with Crippen molar-refractivity contribution in [3.63, 3.8) is 0 Å². The van der Waals surface area contributed by atoms with Gasteiger partial charge in [0.1, 0.15) is 0 Å². The van der Waals surface area contributed by atoms with E-state index in [1.165, 1.54) is 24.0 Å². The zero-order chi connectivity index (χ0) is 15.9. The summed E-state index contributed by atoms with van der Waals surface area (Å²) in [6.07, 6.45) is 3.57. The van der Waals surface area contributed by atoms with Crippen LogP contribution in [-0.2, 0) is 11.3 Å². The van der Waals surface area contributed by atoms with E-state index in [-0.39, 0.29) is 17.9 Å². The Morgan fingerprint density at radius 1 is 1.23 bits per heavy atom. The van der Waals surface area contributed by atoms with E-state index in [2.05, 4.69) is 38.1 Å². The lowest BCUT2D eigenvalue weighted by atomic mass is 9.84. The van der Waals surface area contributed by atoms with Crippen molar-refractivity contribution >= 4 is 5.91 Å². The lowest BCUT2D eigenvalue weighted by Crippen LogP contribution is -2.45. The lowest BCUT2D eigenvalue weighted by Gasteiger charge is -2.31. The highest BCUT2D eigenvalue weighted by molar-refractivity contribution is 5.80. The number of nitrogens with two attached hydrogens (primary N) is 1. The van der Waals surface area contributed by atoms with Gasteiger partial charge in [-0.05, 0) is 48.1 Å². The van der Waals surface area contributed by atoms with Gasteiger partial charge in [-0.2, -0.15) is 0 Å². The average molecular weight is 300 g/mol. The van der Waals surface area contributed by atoms with Gasteiger partial charge in [-0.25, -0.2) is 0 Å². The molecule has 0 aliphatic heterocycles. The molecule has 3 nitrogen and oxygen atoms in total. The first-order valence-corrected chi connectivity index (χ1v) is 8.56. The molecule has 2 bridgehead atoms. The third-order valence-corrected chi connectivity index (χ3v) is 5.71. The molecule has 1 aromatic carbocycles. The number of rotatable bonds is 4. The number of benzene rings is 1. The van der Waals surface area contributed by atoms with Crippen molar-refractivity contribution < 1.29 is 4.79 Å². The van der Waals surface area contributed by atoms with E-state index in [4.69, 9.17) is 5.73 Å². The van der Waals surface area contributed by atoms with Gasteiger partial charge in [0.2, 0.25) is 5.91 Å². The van der Waals surface area contributed by atoms with Gasteiger partial charge in [0.15, 0.2) is 0 Å². The van der Waals surface area contributed by atoms with Crippen molar-refractivity contribution in [1.29, 1.82) is 0 Å². The molecule has 0 saturated heterocycles. The Morgan fingerprint density at radius 3 is 2.41 bits per heavy atom. The minimum Gasteiger partial charge on any atom is -0.341 e. The number of carbonyl (C=O) groups is 1. The number of fused-ring (bicyclic) bond motifs is 2. The minimum atomic E-state index is 0.0543. The summed E-state index contributed by atoms with van der Waals surface area (Å²) in [7, 11) is 1.91. The summed E-state index contributed by atoms with van der Waals surface area (Å²) in [5, 5.41) is 0. The highest BCUT2D eigenvalue weighted by atomic mass is 16.2. The summed E-state index contributed by atoms with van der Waals surface area (Å²) >= 11 is 0. The molecular formula is C19H28N2O. The Kier molecular flexibility index (Phi) is 4.26. The van der Waals surface area contributed by atoms with Gasteiger partial charge in [-0.3, -0.25) is 4.79 Å². The van der Waals surface area contributed by atoms with E-state index in [0.717, 1.165) is 6.42 Å². The van der Waals surface area contributed by atoms with Crippen LogP contribution in [0.15, 0.2) is 24.3 Å². The quantitative estimate of drug-likeness (QED) is 0.928. The van der Waals surface area contributed by atoms with Crippen molar-refractivity contribution in [3.8, 4) is 0 Å². The molecule has 2 saturated carbocycles. The van der Waals surface area contributed by atoms with Crippen molar-refractivity contribution in [2.45, 2.75) is 51.6 Å². The molecule has 2 fully saturated rings. The van der Waals surface area contributed by atoms with Crippen LogP contribution in [-0.4, -0.2) is 23.9 Å². The predicted octanol–water partition coefficient (Wildman–Crippen LogP) is 3.14. The van der Waals surface area contributed by atoms with Crippen LogP contribution in [0.4, 0.5) is 0 Å². The fourth-order valence-corrected chi connectivity index (χ4v) is 4.32. The van der Waals surface area contributed by atoms with E-state index in [1.54, 1.807) is 0 Å². The topological polar surface area (TPSA) is 46.3 Å². The largest absolute Gasteiger partial charge is 0.341 e. The van der Waals surface area contributed by atoms with Crippen LogP contribution >= 0.6 is 0 Å². The molecule has 0 radical (unpaired) electrons. The fourth-order valence-electron chi connectivity index (χ4n) is 4.32. The second-order valence-electron chi connectivity index (χ2n) is 7.53. The normalized spacial score (nSPS) is 30.0. The molecule has 1 amide bonds. The fraction of sp³-hybridized carbons (Fsp3) is 0.632. The summed E-state index contributed by atoms with van der Waals surface area (Å²) in [6.45, 7) is 5.07. The number of amides is 1. The van der Waals surface area contributed by atoms with E-state index in [0.29, 0.717) is 24.3 Å². The van der Waals surface area contributed by atoms with Gasteiger partial charge < -0.3 is 10.6 Å². The van der Waals surface area contributed by atoms with Crippen LogP contribution in [0.2, 0.25) is 0 Å². The molecule has 4 atom stereocenters. The van der Waals surface area contributed by atoms with Crippen LogP contribution in [0.5, 0.6) is 0 Å². The zero-order valence-corrected chi connectivity index (χ0v) is 14.0. The maximum Gasteiger partial charge on any atom is 0.227 e. The van der Waals surface area contributed by atoms with Crippen molar-refractivity contribution in [3.05, 3.63) is 35.4 Å². The molecule has 0 spiro atoms. The second-order valence-corrected chi connectivity index (χ2v) is 7.53. The van der Waals surface area contributed by atoms with Gasteiger partial charge in [-0.15, -0.1) is 0 Å². The molecule has 2 aliphatic carbocycles. The maximum absolute atomic E-state index is 12.8. The SMILES string of the molecule is CC(C)c1ccc(CN(C)C(=O)C2C3CCC(C3)C2N)cc1. The maximum atomic E-state index is 12.8. The smallest absolute Gasteiger partial charge is 0.227 e. The molecule has 120 valence electrons. The molecule has 4 unspecified atom stereocenters. The molecule has 0 aromatic heterocycles. The summed E-state index contributed by atoms with van der Waals surface area (Å²) in [6, 6.07) is 8.69. The highest BCUT2D eigenvalue weighted by Crippen LogP contribution is 2.48. The van der Waals surface area contributed by atoms with E-state index in [1.807, 2.05) is 11.9 Å². The summed E-state index contributed by atoms with van der Waals surface area (Å²) in [5.41, 5.74) is 8.83. The van der Waals surface area contributed by atoms with E-state index in [9.17, 15) is 4.79 Å². The second kappa shape index (κ2) is 6.04. The van der Waals surface area contributed by atoms with Gasteiger partial charge in [0.25, 0.3) is 0 Å². The molecule has 3 rings (SSSR count). The van der Waals surface area contributed by atoms with Gasteiger partial charge >= 0.3 is 0 Å². The van der Waals surface area contributed by atoms with E-state index >= 15 is 0 Å². The lowest BCUT2D eigenvalue weighted by molar-refractivity contribution is -0.137. The number of hydrogen-bond acceptors (Lipinski definition) is 2. The Morgan fingerprint density at radius 2 is 1.86 bits per heavy atom. The summed E-state index contributed by atoms with van der Waals surface area (Å²) < 4.78 is 0. The van der Waals surface area contributed by atoms with Crippen molar-refractivity contribution in [2.24, 2.45) is 23.5 Å². The standard InChI is InChI=1S/C19H28N2O/c1-12(2)14-6-4-13(5-7-14)11-21(3)19(22)17-15-8-9-16(10-15)18(17)20/h4-7,12,15-18H,8-11,20H2,1-3H3. The number of hydrogen-bond donors (Lipinski definition) is 1. The van der Waals surface area contributed by atoms with Crippen LogP contribution in [0, 0.1) is 17.8 Å². The molecule has 22 heavy (non-hydrogen) atoms. The van der Waals surface area contributed by atoms with Crippen LogP contribution in [0.1, 0.15) is 50.2 Å². The molecule has 2 N–H and O–H groups in total. The van der Waals surface area contributed by atoms with Crippen LogP contribution in [0.3, 0.4) is 0 Å². The van der Waals surface area contributed by atoms with Gasteiger partial charge in [0.05, 0.1) is 5.92 Å². The number of nitrogens with zero attached hydrogens (tertiary/aromatic N) is 1. The highest BCUT2D eigenvalue weighted by Gasteiger charge is 2.49. The van der Waals surface area contributed by atoms with Gasteiger partial charge in [0, 0.05) is 19.6 Å². The van der Waals surface area contributed by atoms with Crippen LogP contribution in [0.25, 0.3) is 0 Å². The Labute approximate surface area is 133 Å². The average Bonchev–Trinajstić information content (AvgIpc) is 3.08. The summed E-state index contributed by atoms with van der Waals surface area (Å²) in [5.74, 6) is 1.95. The molecule has 2 aliphatic rings. The van der Waals surface area contributed by atoms with Crippen LogP contribution < -0.4 is 5.73 Å². The first-order valence-electron chi connectivity index (χ1n) is 8.56. The third kappa shape index (κ3) is 2.79. The minimum absolute atomic E-state index is 0.0543.